The molecule has 0 bridgehead atoms. The van der Waals surface area contributed by atoms with Gasteiger partial charge in [0.2, 0.25) is 0 Å². The maximum Gasteiger partial charge on any atom is 0.303 e. The third-order valence-electron chi connectivity index (χ3n) is 4.80. The first-order valence-corrected chi connectivity index (χ1v) is 13.4. The van der Waals surface area contributed by atoms with E-state index in [1.54, 1.807) is 12.1 Å². The Morgan fingerprint density at radius 3 is 0.848 bits per heavy atom. The van der Waals surface area contributed by atoms with Crippen LogP contribution in [0.2, 0.25) is 0 Å². The summed E-state index contributed by atoms with van der Waals surface area (Å²) in [7, 11) is 0. The van der Waals surface area contributed by atoms with Gasteiger partial charge < -0.3 is 37.9 Å². The van der Waals surface area contributed by atoms with E-state index >= 15 is 0 Å². The minimum absolute atomic E-state index is 0.241. The van der Waals surface area contributed by atoms with Gasteiger partial charge >= 0.3 is 47.8 Å². The zero-order valence-corrected chi connectivity index (χ0v) is 26.7. The maximum absolute atomic E-state index is 11.2. The molecule has 0 aliphatic carbocycles. The van der Waals surface area contributed by atoms with Crippen molar-refractivity contribution in [2.75, 3.05) is 13.2 Å². The van der Waals surface area contributed by atoms with E-state index in [1.807, 2.05) is 0 Å². The molecule has 18 heteroatoms. The highest BCUT2D eigenvalue weighted by molar-refractivity contribution is 5.69. The van der Waals surface area contributed by atoms with Crippen molar-refractivity contribution in [1.82, 2.24) is 0 Å². The van der Waals surface area contributed by atoms with Gasteiger partial charge in [-0.3, -0.25) is 38.4 Å². The first-order valence-electron chi connectivity index (χ1n) is 13.4. The van der Waals surface area contributed by atoms with Crippen LogP contribution in [-0.4, -0.2) is 97.6 Å². The number of rotatable bonds is 16. The highest BCUT2D eigenvalue weighted by Gasteiger charge is 2.33. The van der Waals surface area contributed by atoms with Crippen LogP contribution in [0.3, 0.4) is 0 Å². The van der Waals surface area contributed by atoms with Crippen molar-refractivity contribution in [1.29, 1.82) is 10.5 Å². The molecule has 0 aliphatic heterocycles. The van der Waals surface area contributed by atoms with Crippen molar-refractivity contribution in [3.8, 4) is 12.1 Å². The van der Waals surface area contributed by atoms with Crippen LogP contribution >= 0.6 is 0 Å². The van der Waals surface area contributed by atoms with E-state index in [0.29, 0.717) is 0 Å². The Bertz CT molecular complexity index is 1080. The van der Waals surface area contributed by atoms with Crippen LogP contribution in [0.15, 0.2) is 0 Å². The van der Waals surface area contributed by atoms with Crippen LogP contribution in [0, 0.1) is 22.7 Å². The number of nitrogens with zero attached hydrogens (tertiary/aromatic N) is 2. The Balaban J connectivity index is 0. The predicted molar refractivity (Wildman–Crippen MR) is 147 cm³/mol. The molecule has 0 saturated carbocycles. The van der Waals surface area contributed by atoms with Crippen LogP contribution in [0.5, 0.6) is 0 Å². The fraction of sp³-hybridized carbons (Fsp3) is 0.643. The lowest BCUT2D eigenvalue weighted by atomic mass is 10.1. The van der Waals surface area contributed by atoms with E-state index in [0.717, 1.165) is 55.4 Å². The van der Waals surface area contributed by atoms with Gasteiger partial charge in [0.1, 0.15) is 37.6 Å². The van der Waals surface area contributed by atoms with Crippen molar-refractivity contribution in [3.05, 3.63) is 0 Å². The fourth-order valence-corrected chi connectivity index (χ4v) is 3.31. The Morgan fingerprint density at radius 2 is 0.652 bits per heavy atom. The first-order chi connectivity index (χ1) is 21.3. The highest BCUT2D eigenvalue weighted by Crippen LogP contribution is 2.16. The van der Waals surface area contributed by atoms with Crippen molar-refractivity contribution in [2.24, 2.45) is 0 Å². The van der Waals surface area contributed by atoms with E-state index in [1.165, 1.54) is 0 Å². The summed E-state index contributed by atoms with van der Waals surface area (Å²) in [5, 5.41) is 18.0. The molecular weight excluding hydrogens is 620 g/mol. The van der Waals surface area contributed by atoms with E-state index in [9.17, 15) is 38.4 Å². The molecule has 0 heterocycles. The molecule has 18 nitrogen and oxygen atoms in total. The number of esters is 8. The van der Waals surface area contributed by atoms with E-state index < -0.39 is 84.4 Å². The summed E-state index contributed by atoms with van der Waals surface area (Å²) < 4.78 is 39.0. The Kier molecular flexibility index (Phi) is 21.6. The quantitative estimate of drug-likeness (QED) is 0.162. The molecule has 0 aromatic carbocycles. The largest absolute Gasteiger partial charge is 0.462 e. The summed E-state index contributed by atoms with van der Waals surface area (Å²) in [5.74, 6) is -5.42. The fourth-order valence-electron chi connectivity index (χ4n) is 3.31. The summed E-state index contributed by atoms with van der Waals surface area (Å²) in [6.07, 6.45) is -7.43. The molecule has 0 fully saturated rings. The standard InChI is InChI=1S/2C14H19NO8/c2*1-8(16)20-7-14(23-11(4)19)13(22-10(3)18)5-12(6-15)21-9(2)17/h2*12-14H,5,7H2,1-4H3. The lowest BCUT2D eigenvalue weighted by Crippen LogP contribution is -2.41. The molecule has 0 N–H and O–H groups in total. The zero-order valence-electron chi connectivity index (χ0n) is 26.7. The van der Waals surface area contributed by atoms with Gasteiger partial charge in [0.05, 0.1) is 0 Å². The minimum Gasteiger partial charge on any atom is -0.462 e. The summed E-state index contributed by atoms with van der Waals surface area (Å²) in [4.78, 5) is 88.5. The predicted octanol–water partition coefficient (Wildman–Crippen LogP) is 0.517. The second-order valence-electron chi connectivity index (χ2n) is 9.12. The molecule has 0 aromatic heterocycles. The summed E-state index contributed by atoms with van der Waals surface area (Å²) >= 11 is 0. The molecule has 256 valence electrons. The molecule has 0 amide bonds. The van der Waals surface area contributed by atoms with Crippen molar-refractivity contribution in [2.45, 2.75) is 105 Å². The molecule has 46 heavy (non-hydrogen) atoms. The molecule has 6 atom stereocenters. The molecule has 0 saturated heterocycles. The lowest BCUT2D eigenvalue weighted by Gasteiger charge is -2.27. The van der Waals surface area contributed by atoms with Crippen LogP contribution in [0.25, 0.3) is 0 Å². The molecule has 0 aliphatic rings. The Morgan fingerprint density at radius 1 is 0.413 bits per heavy atom. The van der Waals surface area contributed by atoms with E-state index in [4.69, 9.17) is 48.4 Å². The van der Waals surface area contributed by atoms with Crippen molar-refractivity contribution >= 4 is 47.8 Å². The molecule has 0 spiro atoms. The molecular formula is C28H38N2O16. The zero-order chi connectivity index (χ0) is 36.0. The number of ether oxygens (including phenoxy) is 8. The lowest BCUT2D eigenvalue weighted by molar-refractivity contribution is -0.176. The van der Waals surface area contributed by atoms with E-state index in [2.05, 4.69) is 0 Å². The average Bonchev–Trinajstić information content (AvgIpc) is 2.90. The molecule has 0 rings (SSSR count). The van der Waals surface area contributed by atoms with Gasteiger partial charge in [-0.25, -0.2) is 0 Å². The molecule has 0 aromatic rings. The molecule has 6 unspecified atom stereocenters. The number of hydrogen-bond donors (Lipinski definition) is 0. The van der Waals surface area contributed by atoms with Gasteiger partial charge in [0.25, 0.3) is 0 Å². The van der Waals surface area contributed by atoms with Crippen molar-refractivity contribution in [3.63, 3.8) is 0 Å². The van der Waals surface area contributed by atoms with Crippen LogP contribution < -0.4 is 0 Å². The average molecular weight is 659 g/mol. The van der Waals surface area contributed by atoms with E-state index in [-0.39, 0.29) is 26.1 Å². The smallest absolute Gasteiger partial charge is 0.303 e. The van der Waals surface area contributed by atoms with Gasteiger partial charge in [-0.15, -0.1) is 0 Å². The first kappa shape index (κ1) is 42.9. The van der Waals surface area contributed by atoms with Gasteiger partial charge in [-0.05, 0) is 0 Å². The van der Waals surface area contributed by atoms with Crippen LogP contribution in [0.4, 0.5) is 0 Å². The SMILES string of the molecule is CC(=O)OCC(OC(C)=O)C(CC(C#N)OC(C)=O)OC(C)=O.CC(=O)OCC(OC(C)=O)C(CC(C#N)OC(C)=O)OC(C)=O. The minimum atomic E-state index is -1.22. The number of carbonyl (C=O) groups is 8. The summed E-state index contributed by atoms with van der Waals surface area (Å²) in [5.41, 5.74) is 0. The number of hydrogen-bond acceptors (Lipinski definition) is 18. The molecule has 0 radical (unpaired) electrons. The monoisotopic (exact) mass is 658 g/mol. The summed E-state index contributed by atoms with van der Waals surface area (Å²) in [6, 6.07) is 3.46. The number of carbonyl (C=O) groups excluding carboxylic acids is 8. The van der Waals surface area contributed by atoms with Crippen molar-refractivity contribution < 1.29 is 76.3 Å². The van der Waals surface area contributed by atoms with Gasteiger partial charge in [0, 0.05) is 68.2 Å². The Hall–Kier alpha value is -5.26. The van der Waals surface area contributed by atoms with Gasteiger partial charge in [0.15, 0.2) is 24.4 Å². The highest BCUT2D eigenvalue weighted by atomic mass is 16.6. The van der Waals surface area contributed by atoms with Gasteiger partial charge in [-0.1, -0.05) is 0 Å². The second kappa shape index (κ2) is 23.2. The normalized spacial score (nSPS) is 13.7. The second-order valence-corrected chi connectivity index (χ2v) is 9.12. The topological polar surface area (TPSA) is 258 Å². The van der Waals surface area contributed by atoms with Gasteiger partial charge in [-0.2, -0.15) is 10.5 Å². The van der Waals surface area contributed by atoms with Crippen LogP contribution in [-0.2, 0) is 76.3 Å². The Labute approximate surface area is 265 Å². The van der Waals surface area contributed by atoms with Crippen LogP contribution in [0.1, 0.15) is 68.2 Å². The maximum atomic E-state index is 11.2. The third-order valence-corrected chi connectivity index (χ3v) is 4.80. The third kappa shape index (κ3) is 23.2. The number of nitriles is 2. The summed E-state index contributed by atoms with van der Waals surface area (Å²) in [6.45, 7) is 8.30.